The van der Waals surface area contributed by atoms with Gasteiger partial charge in [0, 0.05) is 18.0 Å². The van der Waals surface area contributed by atoms with Crippen molar-refractivity contribution in [2.75, 3.05) is 20.2 Å². The predicted molar refractivity (Wildman–Crippen MR) is 83.1 cm³/mol. The Morgan fingerprint density at radius 1 is 1.40 bits per heavy atom. The van der Waals surface area contributed by atoms with E-state index in [4.69, 9.17) is 4.74 Å². The molecular formula is C15H18BrN3O. The molecule has 106 valence electrons. The minimum absolute atomic E-state index is 0.499. The number of H-pyrrole nitrogens is 1. The highest BCUT2D eigenvalue weighted by molar-refractivity contribution is 9.10. The van der Waals surface area contributed by atoms with Crippen molar-refractivity contribution in [1.29, 1.82) is 0 Å². The first kappa shape index (κ1) is 13.6. The van der Waals surface area contributed by atoms with Gasteiger partial charge in [-0.25, -0.2) is 4.98 Å². The van der Waals surface area contributed by atoms with Gasteiger partial charge in [0.1, 0.15) is 11.6 Å². The van der Waals surface area contributed by atoms with Gasteiger partial charge < -0.3 is 15.0 Å². The lowest BCUT2D eigenvalue weighted by Crippen LogP contribution is -2.28. The molecule has 0 saturated carbocycles. The van der Waals surface area contributed by atoms with Crippen LogP contribution in [0.5, 0.6) is 5.75 Å². The van der Waals surface area contributed by atoms with Crippen molar-refractivity contribution >= 4 is 15.9 Å². The summed E-state index contributed by atoms with van der Waals surface area (Å²) in [5.74, 6) is 2.42. The Kier molecular flexibility index (Phi) is 4.08. The lowest BCUT2D eigenvalue weighted by molar-refractivity contribution is 0.412. The number of imidazole rings is 1. The summed E-state index contributed by atoms with van der Waals surface area (Å²) >= 11 is 3.52. The van der Waals surface area contributed by atoms with Gasteiger partial charge in [-0.1, -0.05) is 0 Å². The fraction of sp³-hybridized carbons (Fsp3) is 0.400. The minimum Gasteiger partial charge on any atom is -0.496 e. The average molecular weight is 336 g/mol. The molecule has 0 radical (unpaired) electrons. The number of aromatic amines is 1. The second-order valence-corrected chi connectivity index (χ2v) is 5.93. The first-order valence-electron chi connectivity index (χ1n) is 6.87. The molecule has 1 unspecified atom stereocenters. The van der Waals surface area contributed by atoms with Gasteiger partial charge in [0.2, 0.25) is 0 Å². The Hall–Kier alpha value is -1.33. The van der Waals surface area contributed by atoms with E-state index in [9.17, 15) is 0 Å². The molecule has 4 nitrogen and oxygen atoms in total. The van der Waals surface area contributed by atoms with Gasteiger partial charge in [-0.15, -0.1) is 0 Å². The number of hydrogen-bond acceptors (Lipinski definition) is 3. The number of rotatable bonds is 3. The number of nitrogens with one attached hydrogen (secondary N) is 2. The molecule has 0 spiro atoms. The van der Waals surface area contributed by atoms with Gasteiger partial charge >= 0.3 is 0 Å². The van der Waals surface area contributed by atoms with Gasteiger partial charge in [-0.05, 0) is 53.5 Å². The number of methoxy groups -OCH3 is 1. The second-order valence-electron chi connectivity index (χ2n) is 5.07. The van der Waals surface area contributed by atoms with Crippen LogP contribution in [0.2, 0.25) is 0 Å². The predicted octanol–water partition coefficient (Wildman–Crippen LogP) is 3.31. The Bertz CT molecular complexity index is 591. The summed E-state index contributed by atoms with van der Waals surface area (Å²) in [6, 6.07) is 6.05. The normalized spacial score (nSPS) is 19.0. The SMILES string of the molecule is COc1ccc(-c2cnc(C3CCCNC3)[nH]2)cc1Br. The number of piperidine rings is 1. The van der Waals surface area contributed by atoms with Crippen LogP contribution in [-0.2, 0) is 0 Å². The van der Waals surface area contributed by atoms with E-state index in [0.717, 1.165) is 40.4 Å². The van der Waals surface area contributed by atoms with Crippen LogP contribution in [0.25, 0.3) is 11.3 Å². The minimum atomic E-state index is 0.499. The van der Waals surface area contributed by atoms with Crippen LogP contribution < -0.4 is 10.1 Å². The van der Waals surface area contributed by atoms with Crippen molar-refractivity contribution in [3.05, 3.63) is 34.7 Å². The molecule has 1 aliphatic heterocycles. The van der Waals surface area contributed by atoms with Crippen LogP contribution in [0.15, 0.2) is 28.9 Å². The summed E-state index contributed by atoms with van der Waals surface area (Å²) in [7, 11) is 1.67. The second kappa shape index (κ2) is 5.97. The molecule has 1 fully saturated rings. The summed E-state index contributed by atoms with van der Waals surface area (Å²) in [6.07, 6.45) is 4.33. The molecular weight excluding hydrogens is 318 g/mol. The molecule has 1 aromatic carbocycles. The lowest BCUT2D eigenvalue weighted by Gasteiger charge is -2.20. The summed E-state index contributed by atoms with van der Waals surface area (Å²) < 4.78 is 6.21. The van der Waals surface area contributed by atoms with Crippen LogP contribution in [-0.4, -0.2) is 30.2 Å². The molecule has 20 heavy (non-hydrogen) atoms. The van der Waals surface area contributed by atoms with E-state index in [1.54, 1.807) is 7.11 Å². The van der Waals surface area contributed by atoms with E-state index in [-0.39, 0.29) is 0 Å². The molecule has 5 heteroatoms. The van der Waals surface area contributed by atoms with Crippen molar-refractivity contribution in [2.24, 2.45) is 0 Å². The zero-order valence-electron chi connectivity index (χ0n) is 11.4. The van der Waals surface area contributed by atoms with Gasteiger partial charge in [0.05, 0.1) is 23.5 Å². The molecule has 0 bridgehead atoms. The highest BCUT2D eigenvalue weighted by Crippen LogP contribution is 2.30. The molecule has 2 aromatic rings. The van der Waals surface area contributed by atoms with E-state index in [1.807, 2.05) is 18.3 Å². The summed E-state index contributed by atoms with van der Waals surface area (Å²) in [4.78, 5) is 8.00. The maximum absolute atomic E-state index is 5.26. The lowest BCUT2D eigenvalue weighted by atomic mass is 9.99. The Labute approximate surface area is 127 Å². The first-order chi connectivity index (χ1) is 9.78. The van der Waals surface area contributed by atoms with E-state index < -0.39 is 0 Å². The first-order valence-corrected chi connectivity index (χ1v) is 7.67. The van der Waals surface area contributed by atoms with Gasteiger partial charge in [0.15, 0.2) is 0 Å². The molecule has 1 saturated heterocycles. The maximum atomic E-state index is 5.26. The number of benzene rings is 1. The fourth-order valence-electron chi connectivity index (χ4n) is 2.61. The third-order valence-electron chi connectivity index (χ3n) is 3.74. The van der Waals surface area contributed by atoms with Gasteiger partial charge in [-0.2, -0.15) is 0 Å². The highest BCUT2D eigenvalue weighted by atomic mass is 79.9. The number of nitrogens with zero attached hydrogens (tertiary/aromatic N) is 1. The van der Waals surface area contributed by atoms with E-state index in [2.05, 4.69) is 37.3 Å². The van der Waals surface area contributed by atoms with Crippen molar-refractivity contribution in [1.82, 2.24) is 15.3 Å². The summed E-state index contributed by atoms with van der Waals surface area (Å²) in [5, 5.41) is 3.42. The van der Waals surface area contributed by atoms with Crippen LogP contribution in [0.4, 0.5) is 0 Å². The Morgan fingerprint density at radius 2 is 2.30 bits per heavy atom. The average Bonchev–Trinajstić information content (AvgIpc) is 2.98. The monoisotopic (exact) mass is 335 g/mol. The smallest absolute Gasteiger partial charge is 0.133 e. The molecule has 1 aliphatic rings. The fourth-order valence-corrected chi connectivity index (χ4v) is 3.15. The van der Waals surface area contributed by atoms with Crippen LogP contribution in [0.1, 0.15) is 24.6 Å². The molecule has 0 aliphatic carbocycles. The highest BCUT2D eigenvalue weighted by Gasteiger charge is 2.18. The quantitative estimate of drug-likeness (QED) is 0.904. The Balaban J connectivity index is 1.84. The molecule has 2 heterocycles. The van der Waals surface area contributed by atoms with Crippen molar-refractivity contribution < 1.29 is 4.74 Å². The number of aromatic nitrogens is 2. The van der Waals surface area contributed by atoms with Crippen LogP contribution in [0, 0.1) is 0 Å². The molecule has 1 atom stereocenters. The van der Waals surface area contributed by atoms with E-state index in [1.165, 1.54) is 12.8 Å². The molecule has 1 aromatic heterocycles. The summed E-state index contributed by atoms with van der Waals surface area (Å²) in [6.45, 7) is 2.13. The van der Waals surface area contributed by atoms with Crippen LogP contribution in [0.3, 0.4) is 0 Å². The van der Waals surface area contributed by atoms with Crippen LogP contribution >= 0.6 is 15.9 Å². The number of ether oxygens (including phenoxy) is 1. The zero-order chi connectivity index (χ0) is 13.9. The van der Waals surface area contributed by atoms with Crippen molar-refractivity contribution in [2.45, 2.75) is 18.8 Å². The molecule has 2 N–H and O–H groups in total. The van der Waals surface area contributed by atoms with E-state index in [0.29, 0.717) is 5.92 Å². The van der Waals surface area contributed by atoms with Crippen molar-refractivity contribution in [3.63, 3.8) is 0 Å². The topological polar surface area (TPSA) is 49.9 Å². The largest absolute Gasteiger partial charge is 0.496 e. The standard InChI is InChI=1S/C15H18BrN3O/c1-20-14-5-4-10(7-12(14)16)13-9-18-15(19-13)11-3-2-6-17-8-11/h4-5,7,9,11,17H,2-3,6,8H2,1H3,(H,18,19). The number of hydrogen-bond donors (Lipinski definition) is 2. The van der Waals surface area contributed by atoms with Gasteiger partial charge in [-0.3, -0.25) is 0 Å². The van der Waals surface area contributed by atoms with Crippen molar-refractivity contribution in [3.8, 4) is 17.0 Å². The Morgan fingerprint density at radius 3 is 3.00 bits per heavy atom. The van der Waals surface area contributed by atoms with E-state index >= 15 is 0 Å². The molecule has 3 rings (SSSR count). The zero-order valence-corrected chi connectivity index (χ0v) is 13.0. The maximum Gasteiger partial charge on any atom is 0.133 e. The molecule has 0 amide bonds. The summed E-state index contributed by atoms with van der Waals surface area (Å²) in [5.41, 5.74) is 2.16. The third kappa shape index (κ3) is 2.74. The number of halogens is 1. The van der Waals surface area contributed by atoms with Gasteiger partial charge in [0.25, 0.3) is 0 Å². The third-order valence-corrected chi connectivity index (χ3v) is 4.36.